The van der Waals surface area contributed by atoms with Crippen LogP contribution in [0, 0.1) is 0 Å². The molecular formula is C24H22ClN3O3. The molecule has 0 aliphatic rings. The molecule has 4 rings (SSSR count). The molecule has 0 aliphatic heterocycles. The third-order valence-corrected chi connectivity index (χ3v) is 5.12. The van der Waals surface area contributed by atoms with Gasteiger partial charge in [0.15, 0.2) is 11.5 Å². The van der Waals surface area contributed by atoms with Crippen LogP contribution >= 0.6 is 11.6 Å². The van der Waals surface area contributed by atoms with Crippen molar-refractivity contribution in [3.05, 3.63) is 94.8 Å². The number of hydrogen-bond donors (Lipinski definition) is 1. The smallest absolute Gasteiger partial charge is 0.240 e. The summed E-state index contributed by atoms with van der Waals surface area (Å²) in [5.74, 6) is 2.21. The predicted molar refractivity (Wildman–Crippen MR) is 119 cm³/mol. The zero-order valence-electron chi connectivity index (χ0n) is 17.2. The van der Waals surface area contributed by atoms with Gasteiger partial charge in [0, 0.05) is 10.6 Å². The largest absolute Gasteiger partial charge is 0.493 e. The summed E-state index contributed by atoms with van der Waals surface area (Å²) in [6.07, 6.45) is 0. The van der Waals surface area contributed by atoms with Gasteiger partial charge in [-0.2, -0.15) is 4.98 Å². The van der Waals surface area contributed by atoms with Crippen molar-refractivity contribution in [2.75, 3.05) is 14.2 Å². The van der Waals surface area contributed by atoms with Gasteiger partial charge in [-0.3, -0.25) is 5.32 Å². The molecular weight excluding hydrogens is 414 g/mol. The Morgan fingerprint density at radius 1 is 0.903 bits per heavy atom. The van der Waals surface area contributed by atoms with Gasteiger partial charge in [-0.1, -0.05) is 59.2 Å². The van der Waals surface area contributed by atoms with E-state index in [1.807, 2.05) is 60.7 Å². The van der Waals surface area contributed by atoms with Crippen LogP contribution in [0.25, 0.3) is 11.4 Å². The fourth-order valence-corrected chi connectivity index (χ4v) is 3.57. The zero-order valence-corrected chi connectivity index (χ0v) is 18.0. The van der Waals surface area contributed by atoms with Crippen LogP contribution in [0.2, 0.25) is 5.02 Å². The Labute approximate surface area is 185 Å². The molecule has 0 radical (unpaired) electrons. The molecule has 0 fully saturated rings. The Hall–Kier alpha value is -3.35. The first-order valence-corrected chi connectivity index (χ1v) is 10.1. The summed E-state index contributed by atoms with van der Waals surface area (Å²) in [6, 6.07) is 23.4. The molecule has 0 aliphatic carbocycles. The lowest BCUT2D eigenvalue weighted by atomic mass is 9.99. The third kappa shape index (κ3) is 4.87. The monoisotopic (exact) mass is 435 g/mol. The molecule has 158 valence electrons. The van der Waals surface area contributed by atoms with E-state index in [0.717, 1.165) is 16.7 Å². The first kappa shape index (κ1) is 20.9. The molecule has 0 amide bonds. The van der Waals surface area contributed by atoms with E-state index >= 15 is 0 Å². The second-order valence-electron chi connectivity index (χ2n) is 6.86. The lowest BCUT2D eigenvalue weighted by Gasteiger charge is -2.19. The maximum Gasteiger partial charge on any atom is 0.240 e. The van der Waals surface area contributed by atoms with E-state index < -0.39 is 0 Å². The first-order valence-electron chi connectivity index (χ1n) is 9.76. The highest BCUT2D eigenvalue weighted by Gasteiger charge is 2.17. The second-order valence-corrected chi connectivity index (χ2v) is 7.30. The summed E-state index contributed by atoms with van der Waals surface area (Å²) in [5.41, 5.74) is 2.95. The number of methoxy groups -OCH3 is 2. The highest BCUT2D eigenvalue weighted by atomic mass is 35.5. The van der Waals surface area contributed by atoms with Crippen LogP contribution in [0.1, 0.15) is 23.1 Å². The van der Waals surface area contributed by atoms with E-state index in [1.165, 1.54) is 0 Å². The maximum absolute atomic E-state index is 6.22. The average Bonchev–Trinajstić information content (AvgIpc) is 3.28. The molecule has 6 nitrogen and oxygen atoms in total. The van der Waals surface area contributed by atoms with Gasteiger partial charge in [0.2, 0.25) is 11.7 Å². The maximum atomic E-state index is 6.22. The fourth-order valence-electron chi connectivity index (χ4n) is 3.37. The van der Waals surface area contributed by atoms with Gasteiger partial charge < -0.3 is 14.0 Å². The van der Waals surface area contributed by atoms with Crippen molar-refractivity contribution < 1.29 is 14.0 Å². The van der Waals surface area contributed by atoms with Crippen molar-refractivity contribution in [1.82, 2.24) is 15.5 Å². The van der Waals surface area contributed by atoms with Crippen LogP contribution in [0.5, 0.6) is 11.5 Å². The molecule has 1 aromatic heterocycles. The number of benzene rings is 3. The van der Waals surface area contributed by atoms with E-state index in [1.54, 1.807) is 14.2 Å². The van der Waals surface area contributed by atoms with E-state index in [9.17, 15) is 0 Å². The van der Waals surface area contributed by atoms with E-state index in [4.69, 9.17) is 25.6 Å². The Morgan fingerprint density at radius 3 is 2.42 bits per heavy atom. The van der Waals surface area contributed by atoms with Crippen molar-refractivity contribution in [2.45, 2.75) is 12.6 Å². The van der Waals surface area contributed by atoms with Crippen LogP contribution in [0.15, 0.2) is 77.3 Å². The SMILES string of the molecule is COc1ccc(-c2noc(CNC(c3ccccc3)c3cccc(Cl)c3)n2)cc1OC. The quantitative estimate of drug-likeness (QED) is 0.405. The lowest BCUT2D eigenvalue weighted by Crippen LogP contribution is -2.22. The summed E-state index contributed by atoms with van der Waals surface area (Å²) in [7, 11) is 3.19. The van der Waals surface area contributed by atoms with Crippen LogP contribution in [0.3, 0.4) is 0 Å². The van der Waals surface area contributed by atoms with Crippen LogP contribution in [-0.2, 0) is 6.54 Å². The lowest BCUT2D eigenvalue weighted by molar-refractivity contribution is 0.355. The highest BCUT2D eigenvalue weighted by molar-refractivity contribution is 6.30. The first-order chi connectivity index (χ1) is 15.2. The summed E-state index contributed by atoms with van der Waals surface area (Å²) in [5, 5.41) is 8.30. The zero-order chi connectivity index (χ0) is 21.6. The standard InChI is InChI=1S/C24H22ClN3O3/c1-29-20-12-11-18(14-21(20)30-2)24-27-22(31-28-24)15-26-23(16-7-4-3-5-8-16)17-9-6-10-19(25)13-17/h3-14,23,26H,15H2,1-2H3. The van der Waals surface area contributed by atoms with E-state index in [-0.39, 0.29) is 6.04 Å². The van der Waals surface area contributed by atoms with Crippen molar-refractivity contribution in [3.8, 4) is 22.9 Å². The molecule has 3 aromatic carbocycles. The van der Waals surface area contributed by atoms with Crippen molar-refractivity contribution >= 4 is 11.6 Å². The minimum atomic E-state index is -0.0728. The molecule has 1 unspecified atom stereocenters. The normalized spacial score (nSPS) is 11.8. The number of ether oxygens (including phenoxy) is 2. The third-order valence-electron chi connectivity index (χ3n) is 4.88. The minimum absolute atomic E-state index is 0.0728. The fraction of sp³-hybridized carbons (Fsp3) is 0.167. The number of halogens is 1. The van der Waals surface area contributed by atoms with Gasteiger partial charge >= 0.3 is 0 Å². The summed E-state index contributed by atoms with van der Waals surface area (Å²) < 4.78 is 16.1. The Kier molecular flexibility index (Phi) is 6.50. The van der Waals surface area contributed by atoms with E-state index in [0.29, 0.717) is 34.8 Å². The van der Waals surface area contributed by atoms with E-state index in [2.05, 4.69) is 27.6 Å². The molecule has 1 atom stereocenters. The molecule has 1 N–H and O–H groups in total. The summed E-state index contributed by atoms with van der Waals surface area (Å²) >= 11 is 6.22. The number of rotatable bonds is 8. The Balaban J connectivity index is 1.54. The molecule has 31 heavy (non-hydrogen) atoms. The van der Waals surface area contributed by atoms with Crippen molar-refractivity contribution in [1.29, 1.82) is 0 Å². The molecule has 0 saturated carbocycles. The van der Waals surface area contributed by atoms with Crippen molar-refractivity contribution in [2.24, 2.45) is 0 Å². The molecule has 1 heterocycles. The number of aromatic nitrogens is 2. The Morgan fingerprint density at radius 2 is 1.68 bits per heavy atom. The molecule has 0 spiro atoms. The predicted octanol–water partition coefficient (Wildman–Crippen LogP) is 5.29. The van der Waals surface area contributed by atoms with Gasteiger partial charge in [0.25, 0.3) is 0 Å². The minimum Gasteiger partial charge on any atom is -0.493 e. The Bertz CT molecular complexity index is 1150. The molecule has 0 bridgehead atoms. The number of nitrogens with one attached hydrogen (secondary N) is 1. The second kappa shape index (κ2) is 9.64. The van der Waals surface area contributed by atoms with Crippen molar-refractivity contribution in [3.63, 3.8) is 0 Å². The number of nitrogens with zero attached hydrogens (tertiary/aromatic N) is 2. The molecule has 4 aromatic rings. The van der Waals surface area contributed by atoms with Crippen LogP contribution in [-0.4, -0.2) is 24.4 Å². The van der Waals surface area contributed by atoms with Gasteiger partial charge in [0.1, 0.15) is 0 Å². The van der Waals surface area contributed by atoms with Crippen LogP contribution < -0.4 is 14.8 Å². The van der Waals surface area contributed by atoms with Gasteiger partial charge in [-0.15, -0.1) is 0 Å². The number of hydrogen-bond acceptors (Lipinski definition) is 6. The van der Waals surface area contributed by atoms with Gasteiger partial charge in [0.05, 0.1) is 26.8 Å². The highest BCUT2D eigenvalue weighted by Crippen LogP contribution is 2.31. The molecule has 7 heteroatoms. The summed E-state index contributed by atoms with van der Waals surface area (Å²) in [6.45, 7) is 0.395. The van der Waals surface area contributed by atoms with Gasteiger partial charge in [-0.05, 0) is 41.5 Å². The van der Waals surface area contributed by atoms with Crippen LogP contribution in [0.4, 0.5) is 0 Å². The van der Waals surface area contributed by atoms with Gasteiger partial charge in [-0.25, -0.2) is 0 Å². The average molecular weight is 436 g/mol. The summed E-state index contributed by atoms with van der Waals surface area (Å²) in [4.78, 5) is 4.53. The molecule has 0 saturated heterocycles. The topological polar surface area (TPSA) is 69.4 Å².